The molecule has 0 radical (unpaired) electrons. The molecule has 4 nitrogen and oxygen atoms in total. The van der Waals surface area contributed by atoms with E-state index in [0.29, 0.717) is 11.3 Å². The number of allylic oxidation sites excluding steroid dienone is 2. The van der Waals surface area contributed by atoms with Crippen molar-refractivity contribution < 1.29 is 9.90 Å². The van der Waals surface area contributed by atoms with Crippen LogP contribution in [0.2, 0.25) is 0 Å². The van der Waals surface area contributed by atoms with Crippen LogP contribution in [0.3, 0.4) is 0 Å². The van der Waals surface area contributed by atoms with Gasteiger partial charge in [-0.05, 0) is 25.3 Å². The molecule has 1 aromatic carbocycles. The topological polar surface area (TPSA) is 61.7 Å². The molecule has 1 amide bonds. The van der Waals surface area contributed by atoms with Crippen molar-refractivity contribution in [3.8, 4) is 0 Å². The molecule has 3 unspecified atom stereocenters. The predicted molar refractivity (Wildman–Crippen MR) is 101 cm³/mol. The molecule has 25 heavy (non-hydrogen) atoms. The van der Waals surface area contributed by atoms with Gasteiger partial charge in [0.1, 0.15) is 5.76 Å². The zero-order chi connectivity index (χ0) is 18.2. The SMILES string of the molecule is CC(=O)NC(C1=CC(Cl)C2(C)CCC=NC2=C1O)c1ccc(C)cc1. The summed E-state index contributed by atoms with van der Waals surface area (Å²) in [6.45, 7) is 5.50. The average Bonchev–Trinajstić information content (AvgIpc) is 2.57. The van der Waals surface area contributed by atoms with Gasteiger partial charge in [-0.1, -0.05) is 42.8 Å². The van der Waals surface area contributed by atoms with Gasteiger partial charge in [0.2, 0.25) is 5.91 Å². The Hall–Kier alpha value is -2.07. The van der Waals surface area contributed by atoms with Gasteiger partial charge >= 0.3 is 0 Å². The summed E-state index contributed by atoms with van der Waals surface area (Å²) < 4.78 is 0. The number of rotatable bonds is 3. The van der Waals surface area contributed by atoms with Crippen LogP contribution < -0.4 is 5.32 Å². The van der Waals surface area contributed by atoms with Crippen molar-refractivity contribution in [2.45, 2.75) is 45.0 Å². The molecule has 0 fully saturated rings. The number of hydrogen-bond acceptors (Lipinski definition) is 3. The molecule has 0 aromatic heterocycles. The lowest BCUT2D eigenvalue weighted by Crippen LogP contribution is -2.38. The molecule has 0 saturated heterocycles. The first-order valence-electron chi connectivity index (χ1n) is 8.49. The standard InChI is InChI=1S/C20H23ClN2O2/c1-12-5-7-14(8-6-12)17(23-13(2)24)15-11-16(21)20(3)9-4-10-22-19(20)18(15)25/h5-8,10-11,16-17,25H,4,9H2,1-3H3,(H,23,24). The molecule has 0 spiro atoms. The number of hydrogen-bond donors (Lipinski definition) is 2. The number of fused-ring (bicyclic) bond motifs is 1. The Morgan fingerprint density at radius 2 is 2.08 bits per heavy atom. The Kier molecular flexibility index (Phi) is 4.74. The highest BCUT2D eigenvalue weighted by atomic mass is 35.5. The van der Waals surface area contributed by atoms with E-state index in [1.807, 2.05) is 50.4 Å². The highest BCUT2D eigenvalue weighted by Gasteiger charge is 2.44. The molecule has 0 saturated carbocycles. The number of carbonyl (C=O) groups excluding carboxylic acids is 1. The molecule has 1 aliphatic carbocycles. The Bertz CT molecular complexity index is 779. The lowest BCUT2D eigenvalue weighted by Gasteiger charge is -2.40. The Labute approximate surface area is 153 Å². The van der Waals surface area contributed by atoms with E-state index in [0.717, 1.165) is 24.0 Å². The highest BCUT2D eigenvalue weighted by molar-refractivity contribution is 6.22. The number of aliphatic hydroxyl groups excluding tert-OH is 1. The van der Waals surface area contributed by atoms with E-state index in [1.54, 1.807) is 0 Å². The fourth-order valence-corrected chi connectivity index (χ4v) is 3.83. The van der Waals surface area contributed by atoms with Crippen molar-refractivity contribution in [1.29, 1.82) is 0 Å². The molecule has 132 valence electrons. The van der Waals surface area contributed by atoms with Crippen LogP contribution in [0.5, 0.6) is 0 Å². The smallest absolute Gasteiger partial charge is 0.217 e. The maximum atomic E-state index is 11.8. The number of carbonyl (C=O) groups is 1. The van der Waals surface area contributed by atoms with Crippen molar-refractivity contribution in [2.75, 3.05) is 0 Å². The second-order valence-corrected chi connectivity index (χ2v) is 7.50. The number of nitrogens with one attached hydrogen (secondary N) is 1. The zero-order valence-electron chi connectivity index (χ0n) is 14.7. The van der Waals surface area contributed by atoms with Gasteiger partial charge in [0.05, 0.1) is 17.1 Å². The summed E-state index contributed by atoms with van der Waals surface area (Å²) in [6, 6.07) is 7.41. The zero-order valence-corrected chi connectivity index (χ0v) is 15.5. The lowest BCUT2D eigenvalue weighted by atomic mass is 9.72. The third kappa shape index (κ3) is 3.23. The highest BCUT2D eigenvalue weighted by Crippen LogP contribution is 2.49. The summed E-state index contributed by atoms with van der Waals surface area (Å²) >= 11 is 6.68. The summed E-state index contributed by atoms with van der Waals surface area (Å²) in [5.74, 6) is -0.0504. The van der Waals surface area contributed by atoms with E-state index in [4.69, 9.17) is 11.6 Å². The van der Waals surface area contributed by atoms with Crippen LogP contribution in [-0.4, -0.2) is 22.6 Å². The van der Waals surface area contributed by atoms with Gasteiger partial charge in [-0.2, -0.15) is 0 Å². The third-order valence-corrected chi connectivity index (χ3v) is 5.66. The first kappa shape index (κ1) is 17.7. The summed E-state index contributed by atoms with van der Waals surface area (Å²) in [7, 11) is 0. The quantitative estimate of drug-likeness (QED) is 0.788. The van der Waals surface area contributed by atoms with Crippen molar-refractivity contribution in [2.24, 2.45) is 10.4 Å². The van der Waals surface area contributed by atoms with Gasteiger partial charge in [-0.3, -0.25) is 9.79 Å². The lowest BCUT2D eigenvalue weighted by molar-refractivity contribution is -0.119. The summed E-state index contributed by atoms with van der Waals surface area (Å²) in [6.07, 6.45) is 5.36. The molecule has 3 atom stereocenters. The van der Waals surface area contributed by atoms with Crippen LogP contribution in [0.4, 0.5) is 0 Å². The van der Waals surface area contributed by atoms with E-state index < -0.39 is 11.5 Å². The van der Waals surface area contributed by atoms with Crippen LogP contribution in [0.1, 0.15) is 43.9 Å². The monoisotopic (exact) mass is 358 g/mol. The summed E-state index contributed by atoms with van der Waals surface area (Å²) in [5.41, 5.74) is 2.85. The Balaban J connectivity index is 2.09. The number of aliphatic imine (C=N–C) groups is 1. The number of halogens is 1. The summed E-state index contributed by atoms with van der Waals surface area (Å²) in [4.78, 5) is 16.2. The largest absolute Gasteiger partial charge is 0.506 e. The van der Waals surface area contributed by atoms with Crippen molar-refractivity contribution in [3.63, 3.8) is 0 Å². The van der Waals surface area contributed by atoms with Crippen LogP contribution in [0.25, 0.3) is 0 Å². The normalized spacial score (nSPS) is 26.7. The molecule has 1 aromatic rings. The van der Waals surface area contributed by atoms with Crippen molar-refractivity contribution in [1.82, 2.24) is 5.32 Å². The van der Waals surface area contributed by atoms with Crippen LogP contribution in [0, 0.1) is 12.3 Å². The van der Waals surface area contributed by atoms with Crippen LogP contribution >= 0.6 is 11.6 Å². The second kappa shape index (κ2) is 6.68. The van der Waals surface area contributed by atoms with E-state index >= 15 is 0 Å². The number of alkyl halides is 1. The van der Waals surface area contributed by atoms with E-state index in [2.05, 4.69) is 10.3 Å². The Morgan fingerprint density at radius 1 is 1.40 bits per heavy atom. The summed E-state index contributed by atoms with van der Waals surface area (Å²) in [5, 5.41) is 13.6. The minimum atomic E-state index is -0.464. The van der Waals surface area contributed by atoms with Crippen LogP contribution in [-0.2, 0) is 4.79 Å². The van der Waals surface area contributed by atoms with Gasteiger partial charge in [0, 0.05) is 24.1 Å². The van der Waals surface area contributed by atoms with Gasteiger partial charge in [-0.15, -0.1) is 11.6 Å². The minimum Gasteiger partial charge on any atom is -0.506 e. The average molecular weight is 359 g/mol. The number of benzene rings is 1. The maximum Gasteiger partial charge on any atom is 0.217 e. The fraction of sp³-hybridized carbons (Fsp3) is 0.400. The number of amides is 1. The first-order chi connectivity index (χ1) is 11.8. The third-order valence-electron chi connectivity index (χ3n) is 5.06. The number of nitrogens with zero attached hydrogens (tertiary/aromatic N) is 1. The van der Waals surface area contributed by atoms with E-state index in [-0.39, 0.29) is 17.0 Å². The molecular weight excluding hydrogens is 336 g/mol. The molecule has 2 N–H and O–H groups in total. The van der Waals surface area contributed by atoms with E-state index in [1.165, 1.54) is 6.92 Å². The minimum absolute atomic E-state index is 0.120. The van der Waals surface area contributed by atoms with Crippen LogP contribution in [0.15, 0.2) is 52.4 Å². The van der Waals surface area contributed by atoms with Gasteiger partial charge in [0.25, 0.3) is 0 Å². The molecule has 3 rings (SSSR count). The fourth-order valence-electron chi connectivity index (χ4n) is 3.48. The van der Waals surface area contributed by atoms with Crippen molar-refractivity contribution in [3.05, 3.63) is 58.5 Å². The molecular formula is C20H23ClN2O2. The molecule has 5 heteroatoms. The maximum absolute atomic E-state index is 11.8. The number of aliphatic hydroxyl groups is 1. The van der Waals surface area contributed by atoms with Crippen molar-refractivity contribution >= 4 is 23.7 Å². The molecule has 0 bridgehead atoms. The first-order valence-corrected chi connectivity index (χ1v) is 8.92. The predicted octanol–water partition coefficient (Wildman–Crippen LogP) is 4.36. The second-order valence-electron chi connectivity index (χ2n) is 7.03. The molecule has 2 aliphatic rings. The molecule has 1 heterocycles. The van der Waals surface area contributed by atoms with E-state index in [9.17, 15) is 9.90 Å². The van der Waals surface area contributed by atoms with Gasteiger partial charge in [0.15, 0.2) is 0 Å². The Morgan fingerprint density at radius 3 is 2.72 bits per heavy atom. The van der Waals surface area contributed by atoms with Gasteiger partial charge < -0.3 is 10.4 Å². The van der Waals surface area contributed by atoms with Gasteiger partial charge in [-0.25, -0.2) is 0 Å². The molecule has 1 aliphatic heterocycles. The number of aryl methyl sites for hydroxylation is 1.